The maximum atomic E-state index is 4.70. The number of hydrogen-bond acceptors (Lipinski definition) is 4. The molecule has 0 spiro atoms. The van der Waals surface area contributed by atoms with E-state index in [-0.39, 0.29) is 0 Å². The second-order valence-corrected chi connectivity index (χ2v) is 6.94. The Labute approximate surface area is 148 Å². The lowest BCUT2D eigenvalue weighted by molar-refractivity contribution is 0.436. The highest BCUT2D eigenvalue weighted by atomic mass is 15.2. The Morgan fingerprint density at radius 3 is 2.92 bits per heavy atom. The molecule has 130 valence electrons. The van der Waals surface area contributed by atoms with Crippen LogP contribution in [0.4, 0.5) is 11.8 Å². The van der Waals surface area contributed by atoms with Crippen molar-refractivity contribution < 1.29 is 0 Å². The Morgan fingerprint density at radius 1 is 1.20 bits per heavy atom. The first kappa shape index (κ1) is 15.9. The number of H-pyrrole nitrogens is 1. The minimum atomic E-state index is 0.718. The largest absolute Gasteiger partial charge is 0.361 e. The van der Waals surface area contributed by atoms with Gasteiger partial charge in [0.1, 0.15) is 5.82 Å². The summed E-state index contributed by atoms with van der Waals surface area (Å²) in [7, 11) is 0. The van der Waals surface area contributed by atoms with Crippen molar-refractivity contribution in [2.75, 3.05) is 29.9 Å². The van der Waals surface area contributed by atoms with Gasteiger partial charge in [0, 0.05) is 42.9 Å². The number of rotatable bonds is 5. The predicted octanol–water partition coefficient (Wildman–Crippen LogP) is 3.85. The van der Waals surface area contributed by atoms with Crippen LogP contribution in [0, 0.1) is 5.92 Å². The summed E-state index contributed by atoms with van der Waals surface area (Å²) in [6, 6.07) is 10.4. The van der Waals surface area contributed by atoms with Crippen molar-refractivity contribution in [1.82, 2.24) is 15.0 Å². The lowest BCUT2D eigenvalue weighted by atomic mass is 9.99. The van der Waals surface area contributed by atoms with Crippen LogP contribution in [0.1, 0.15) is 25.3 Å². The van der Waals surface area contributed by atoms with E-state index >= 15 is 0 Å². The standard InChI is InChI=1S/C20H25N5/c1-15-8-12-25(13-9-15)19-7-11-22-20(24-19)21-10-6-16-14-23-18-5-3-2-4-17(16)18/h2-5,7,11,14-15,23H,6,8-10,12-13H2,1H3,(H,21,22,24). The van der Waals surface area contributed by atoms with Gasteiger partial charge in [0.25, 0.3) is 0 Å². The van der Waals surface area contributed by atoms with Gasteiger partial charge in [-0.3, -0.25) is 0 Å². The molecule has 0 amide bonds. The fourth-order valence-corrected chi connectivity index (χ4v) is 3.50. The van der Waals surface area contributed by atoms with Gasteiger partial charge in [0.05, 0.1) is 0 Å². The van der Waals surface area contributed by atoms with Gasteiger partial charge in [0.2, 0.25) is 5.95 Å². The van der Waals surface area contributed by atoms with Gasteiger partial charge >= 0.3 is 0 Å². The summed E-state index contributed by atoms with van der Waals surface area (Å²) in [5.41, 5.74) is 2.51. The number of aromatic nitrogens is 3. The molecule has 0 atom stereocenters. The van der Waals surface area contributed by atoms with Crippen LogP contribution in [0.15, 0.2) is 42.7 Å². The van der Waals surface area contributed by atoms with Gasteiger partial charge in [0.15, 0.2) is 0 Å². The highest BCUT2D eigenvalue weighted by Crippen LogP contribution is 2.22. The Kier molecular flexibility index (Phi) is 4.55. The predicted molar refractivity (Wildman–Crippen MR) is 103 cm³/mol. The van der Waals surface area contributed by atoms with Gasteiger partial charge in [-0.15, -0.1) is 0 Å². The van der Waals surface area contributed by atoms with Gasteiger partial charge in [-0.1, -0.05) is 25.1 Å². The van der Waals surface area contributed by atoms with E-state index in [0.29, 0.717) is 0 Å². The quantitative estimate of drug-likeness (QED) is 0.743. The minimum Gasteiger partial charge on any atom is -0.361 e. The van der Waals surface area contributed by atoms with Crippen molar-refractivity contribution in [3.63, 3.8) is 0 Å². The zero-order valence-electron chi connectivity index (χ0n) is 14.7. The van der Waals surface area contributed by atoms with Gasteiger partial charge in [-0.2, -0.15) is 4.98 Å². The first-order valence-corrected chi connectivity index (χ1v) is 9.16. The number of aromatic amines is 1. The van der Waals surface area contributed by atoms with E-state index in [9.17, 15) is 0 Å². The summed E-state index contributed by atoms with van der Waals surface area (Å²) < 4.78 is 0. The summed E-state index contributed by atoms with van der Waals surface area (Å²) in [4.78, 5) is 14.8. The normalized spacial score (nSPS) is 15.6. The Bertz CT molecular complexity index is 833. The number of fused-ring (bicyclic) bond motifs is 1. The fraction of sp³-hybridized carbons (Fsp3) is 0.400. The average molecular weight is 335 g/mol. The molecule has 0 bridgehead atoms. The summed E-state index contributed by atoms with van der Waals surface area (Å²) in [6.45, 7) is 5.33. The number of benzene rings is 1. The molecule has 5 nitrogen and oxygen atoms in total. The van der Waals surface area contributed by atoms with Gasteiger partial charge < -0.3 is 15.2 Å². The lowest BCUT2D eigenvalue weighted by Gasteiger charge is -2.31. The Morgan fingerprint density at radius 2 is 2.04 bits per heavy atom. The monoisotopic (exact) mass is 335 g/mol. The molecule has 1 aliphatic heterocycles. The summed E-state index contributed by atoms with van der Waals surface area (Å²) >= 11 is 0. The zero-order chi connectivity index (χ0) is 17.1. The lowest BCUT2D eigenvalue weighted by Crippen LogP contribution is -2.33. The molecule has 1 saturated heterocycles. The smallest absolute Gasteiger partial charge is 0.224 e. The van der Waals surface area contributed by atoms with Crippen molar-refractivity contribution in [2.45, 2.75) is 26.2 Å². The molecule has 0 saturated carbocycles. The van der Waals surface area contributed by atoms with E-state index < -0.39 is 0 Å². The molecule has 0 unspecified atom stereocenters. The molecule has 0 radical (unpaired) electrons. The van der Waals surface area contributed by atoms with Crippen LogP contribution in [0.2, 0.25) is 0 Å². The van der Waals surface area contributed by atoms with E-state index in [1.165, 1.54) is 29.3 Å². The van der Waals surface area contributed by atoms with Crippen LogP contribution in [0.5, 0.6) is 0 Å². The minimum absolute atomic E-state index is 0.718. The third-order valence-electron chi connectivity index (χ3n) is 5.10. The fourth-order valence-electron chi connectivity index (χ4n) is 3.50. The molecule has 1 aliphatic rings. The van der Waals surface area contributed by atoms with Gasteiger partial charge in [-0.05, 0) is 42.9 Å². The first-order chi connectivity index (χ1) is 12.3. The average Bonchev–Trinajstić information content (AvgIpc) is 3.06. The molecular formula is C20H25N5. The topological polar surface area (TPSA) is 56.8 Å². The van der Waals surface area contributed by atoms with E-state index in [4.69, 9.17) is 4.98 Å². The van der Waals surface area contributed by atoms with Crippen molar-refractivity contribution in [2.24, 2.45) is 5.92 Å². The number of para-hydroxylation sites is 1. The van der Waals surface area contributed by atoms with Crippen molar-refractivity contribution >= 4 is 22.7 Å². The van der Waals surface area contributed by atoms with Crippen LogP contribution in [0.3, 0.4) is 0 Å². The number of piperidine rings is 1. The molecule has 25 heavy (non-hydrogen) atoms. The van der Waals surface area contributed by atoms with Crippen LogP contribution in [0.25, 0.3) is 10.9 Å². The molecule has 1 fully saturated rings. The molecule has 2 N–H and O–H groups in total. The molecule has 5 heteroatoms. The van der Waals surface area contributed by atoms with Crippen LogP contribution < -0.4 is 10.2 Å². The van der Waals surface area contributed by atoms with Crippen molar-refractivity contribution in [3.8, 4) is 0 Å². The molecule has 3 aromatic rings. The molecule has 3 heterocycles. The second kappa shape index (κ2) is 7.13. The summed E-state index contributed by atoms with van der Waals surface area (Å²) in [5.74, 6) is 2.58. The highest BCUT2D eigenvalue weighted by Gasteiger charge is 2.17. The third-order valence-corrected chi connectivity index (χ3v) is 5.10. The van der Waals surface area contributed by atoms with E-state index in [2.05, 4.69) is 57.6 Å². The zero-order valence-corrected chi connectivity index (χ0v) is 14.7. The SMILES string of the molecule is CC1CCN(c2ccnc(NCCc3c[nH]c4ccccc34)n2)CC1. The van der Waals surface area contributed by atoms with Gasteiger partial charge in [-0.25, -0.2) is 4.98 Å². The molecule has 0 aliphatic carbocycles. The first-order valence-electron chi connectivity index (χ1n) is 9.16. The number of nitrogens with one attached hydrogen (secondary N) is 2. The summed E-state index contributed by atoms with van der Waals surface area (Å²) in [5, 5.41) is 4.67. The maximum absolute atomic E-state index is 4.70. The number of hydrogen-bond donors (Lipinski definition) is 2. The molecule has 1 aromatic carbocycles. The van der Waals surface area contributed by atoms with E-state index in [1.807, 2.05) is 12.3 Å². The van der Waals surface area contributed by atoms with Crippen LogP contribution in [-0.2, 0) is 6.42 Å². The van der Waals surface area contributed by atoms with Crippen LogP contribution in [-0.4, -0.2) is 34.6 Å². The van der Waals surface area contributed by atoms with E-state index in [0.717, 1.165) is 43.7 Å². The maximum Gasteiger partial charge on any atom is 0.224 e. The third kappa shape index (κ3) is 3.60. The summed E-state index contributed by atoms with van der Waals surface area (Å²) in [6.07, 6.45) is 7.38. The van der Waals surface area contributed by atoms with Crippen molar-refractivity contribution in [1.29, 1.82) is 0 Å². The number of anilines is 2. The van der Waals surface area contributed by atoms with Crippen molar-refractivity contribution in [3.05, 3.63) is 48.3 Å². The highest BCUT2D eigenvalue weighted by molar-refractivity contribution is 5.83. The number of nitrogens with zero attached hydrogens (tertiary/aromatic N) is 3. The Hall–Kier alpha value is -2.56. The second-order valence-electron chi connectivity index (χ2n) is 6.94. The van der Waals surface area contributed by atoms with E-state index in [1.54, 1.807) is 0 Å². The molecule has 2 aromatic heterocycles. The molecular weight excluding hydrogens is 310 g/mol. The molecule has 4 rings (SSSR count). The Balaban J connectivity index is 1.37. The van der Waals surface area contributed by atoms with Crippen LogP contribution >= 0.6 is 0 Å².